The number of ether oxygens (including phenoxy) is 1. The summed E-state index contributed by atoms with van der Waals surface area (Å²) >= 11 is 0. The van der Waals surface area contributed by atoms with Gasteiger partial charge in [0, 0.05) is 29.1 Å². The number of nitrogens with one attached hydrogen (secondary N) is 2. The highest BCUT2D eigenvalue weighted by Crippen LogP contribution is 2.24. The molecule has 0 aliphatic carbocycles. The quantitative estimate of drug-likeness (QED) is 0.565. The molecule has 0 aliphatic rings. The third-order valence-corrected chi connectivity index (χ3v) is 3.75. The first-order valence-corrected chi connectivity index (χ1v) is 7.21. The highest BCUT2D eigenvalue weighted by atomic mass is 16.6. The standard InChI is InChI=1S/C17H15N3O4/c1-10-3-5-12(20(22)23)8-14(10)19-17(21)16-7-11-4-6-13(24-2)9-15(11)18-16/h3-9,18H,1-2H3,(H,19,21). The molecule has 0 spiro atoms. The molecular weight excluding hydrogens is 310 g/mol. The van der Waals surface area contributed by atoms with Crippen molar-refractivity contribution < 1.29 is 14.5 Å². The first kappa shape index (κ1) is 15.5. The van der Waals surface area contributed by atoms with Gasteiger partial charge in [0.05, 0.1) is 17.7 Å². The van der Waals surface area contributed by atoms with Crippen LogP contribution in [0.4, 0.5) is 11.4 Å². The van der Waals surface area contributed by atoms with Crippen molar-refractivity contribution in [3.05, 3.63) is 63.8 Å². The van der Waals surface area contributed by atoms with Gasteiger partial charge in [0.2, 0.25) is 0 Å². The van der Waals surface area contributed by atoms with Crippen molar-refractivity contribution in [3.8, 4) is 5.75 Å². The maximum absolute atomic E-state index is 12.4. The van der Waals surface area contributed by atoms with Crippen LogP contribution < -0.4 is 10.1 Å². The molecule has 7 nitrogen and oxygen atoms in total. The van der Waals surface area contributed by atoms with Crippen LogP contribution in [0.1, 0.15) is 16.1 Å². The summed E-state index contributed by atoms with van der Waals surface area (Å²) in [7, 11) is 1.57. The van der Waals surface area contributed by atoms with Gasteiger partial charge in [0.25, 0.3) is 11.6 Å². The number of anilines is 1. The summed E-state index contributed by atoms with van der Waals surface area (Å²) in [5.74, 6) is 0.319. The minimum atomic E-state index is -0.496. The SMILES string of the molecule is COc1ccc2cc(C(=O)Nc3cc([N+](=O)[O-])ccc3C)[nH]c2c1. The van der Waals surface area contributed by atoms with Crippen LogP contribution in [0.25, 0.3) is 10.9 Å². The van der Waals surface area contributed by atoms with Crippen LogP contribution in [0.2, 0.25) is 0 Å². The first-order valence-electron chi connectivity index (χ1n) is 7.21. The minimum absolute atomic E-state index is 0.0720. The third-order valence-electron chi connectivity index (χ3n) is 3.75. The number of carbonyl (C=O) groups is 1. The number of rotatable bonds is 4. The smallest absolute Gasteiger partial charge is 0.272 e. The van der Waals surface area contributed by atoms with E-state index in [1.54, 1.807) is 32.2 Å². The summed E-state index contributed by atoms with van der Waals surface area (Å²) in [5.41, 5.74) is 2.22. The van der Waals surface area contributed by atoms with Gasteiger partial charge in [0.1, 0.15) is 11.4 Å². The number of methoxy groups -OCH3 is 1. The molecule has 1 heterocycles. The van der Waals surface area contributed by atoms with Crippen molar-refractivity contribution in [2.45, 2.75) is 6.92 Å². The van der Waals surface area contributed by atoms with Crippen LogP contribution in [0.3, 0.4) is 0 Å². The summed E-state index contributed by atoms with van der Waals surface area (Å²) < 4.78 is 5.15. The lowest BCUT2D eigenvalue weighted by Crippen LogP contribution is -2.13. The molecule has 0 bridgehead atoms. The predicted molar refractivity (Wildman–Crippen MR) is 90.6 cm³/mol. The Labute approximate surface area is 137 Å². The van der Waals surface area contributed by atoms with Gasteiger partial charge in [-0.25, -0.2) is 0 Å². The second-order valence-corrected chi connectivity index (χ2v) is 5.35. The Morgan fingerprint density at radius 2 is 2.00 bits per heavy atom. The highest BCUT2D eigenvalue weighted by molar-refractivity contribution is 6.06. The van der Waals surface area contributed by atoms with Gasteiger partial charge in [-0.1, -0.05) is 6.07 Å². The fourth-order valence-corrected chi connectivity index (χ4v) is 2.40. The van der Waals surface area contributed by atoms with Crippen LogP contribution in [-0.2, 0) is 0 Å². The van der Waals surface area contributed by atoms with Crippen molar-refractivity contribution in [2.24, 2.45) is 0 Å². The van der Waals surface area contributed by atoms with Gasteiger partial charge in [0.15, 0.2) is 0 Å². The average molecular weight is 325 g/mol. The number of aromatic nitrogens is 1. The molecule has 122 valence electrons. The molecule has 1 aromatic heterocycles. The van der Waals surface area contributed by atoms with Crippen LogP contribution in [0, 0.1) is 17.0 Å². The van der Waals surface area contributed by atoms with Crippen molar-refractivity contribution >= 4 is 28.2 Å². The van der Waals surface area contributed by atoms with Gasteiger partial charge >= 0.3 is 0 Å². The van der Waals surface area contributed by atoms with E-state index >= 15 is 0 Å². The second-order valence-electron chi connectivity index (χ2n) is 5.35. The van der Waals surface area contributed by atoms with Crippen LogP contribution in [0.5, 0.6) is 5.75 Å². The van der Waals surface area contributed by atoms with E-state index in [0.717, 1.165) is 16.5 Å². The normalized spacial score (nSPS) is 10.6. The number of benzene rings is 2. The summed E-state index contributed by atoms with van der Waals surface area (Å²) in [6.07, 6.45) is 0. The van der Waals surface area contributed by atoms with E-state index in [1.807, 2.05) is 12.1 Å². The number of carbonyl (C=O) groups excluding carboxylic acids is 1. The zero-order chi connectivity index (χ0) is 17.3. The zero-order valence-electron chi connectivity index (χ0n) is 13.1. The predicted octanol–water partition coefficient (Wildman–Crippen LogP) is 3.65. The molecule has 0 atom stereocenters. The largest absolute Gasteiger partial charge is 0.497 e. The van der Waals surface area contributed by atoms with E-state index in [9.17, 15) is 14.9 Å². The number of non-ortho nitro benzene ring substituents is 1. The summed E-state index contributed by atoms with van der Waals surface area (Å²) in [6.45, 7) is 1.77. The number of H-pyrrole nitrogens is 1. The molecule has 3 aromatic rings. The maximum atomic E-state index is 12.4. The van der Waals surface area contributed by atoms with Gasteiger partial charge in [-0.2, -0.15) is 0 Å². The number of aromatic amines is 1. The molecule has 3 rings (SSSR count). The summed E-state index contributed by atoms with van der Waals surface area (Å²) in [4.78, 5) is 25.8. The molecule has 0 aliphatic heterocycles. The topological polar surface area (TPSA) is 97.3 Å². The Kier molecular flexibility index (Phi) is 3.91. The molecule has 0 unspecified atom stereocenters. The molecule has 24 heavy (non-hydrogen) atoms. The number of hydrogen-bond acceptors (Lipinski definition) is 4. The molecule has 0 saturated carbocycles. The van der Waals surface area contributed by atoms with Crippen molar-refractivity contribution in [3.63, 3.8) is 0 Å². The number of hydrogen-bond donors (Lipinski definition) is 2. The average Bonchev–Trinajstić information content (AvgIpc) is 2.99. The first-order chi connectivity index (χ1) is 11.5. The van der Waals surface area contributed by atoms with E-state index in [4.69, 9.17) is 4.74 Å². The van der Waals surface area contributed by atoms with Crippen LogP contribution in [-0.4, -0.2) is 22.9 Å². The summed E-state index contributed by atoms with van der Waals surface area (Å²) in [6, 6.07) is 11.5. The molecule has 1 amide bonds. The molecule has 0 radical (unpaired) electrons. The molecular formula is C17H15N3O4. The molecule has 2 aromatic carbocycles. The van der Waals surface area contributed by atoms with E-state index in [2.05, 4.69) is 10.3 Å². The van der Waals surface area contributed by atoms with Crippen LogP contribution >= 0.6 is 0 Å². The van der Waals surface area contributed by atoms with Crippen LogP contribution in [0.15, 0.2) is 42.5 Å². The molecule has 7 heteroatoms. The fraction of sp³-hybridized carbons (Fsp3) is 0.118. The zero-order valence-corrected chi connectivity index (χ0v) is 13.1. The number of nitrogens with zero attached hydrogens (tertiary/aromatic N) is 1. The van der Waals surface area contributed by atoms with E-state index in [1.165, 1.54) is 12.1 Å². The Balaban J connectivity index is 1.90. The molecule has 2 N–H and O–H groups in total. The monoisotopic (exact) mass is 325 g/mol. The number of nitro groups is 1. The lowest BCUT2D eigenvalue weighted by molar-refractivity contribution is -0.384. The van der Waals surface area contributed by atoms with Crippen molar-refractivity contribution in [1.82, 2.24) is 4.98 Å². The van der Waals surface area contributed by atoms with Gasteiger partial charge < -0.3 is 15.0 Å². The molecule has 0 saturated heterocycles. The van der Waals surface area contributed by atoms with Gasteiger partial charge in [-0.15, -0.1) is 0 Å². The lowest BCUT2D eigenvalue weighted by atomic mass is 10.1. The second kappa shape index (κ2) is 6.04. The van der Waals surface area contributed by atoms with Crippen molar-refractivity contribution in [1.29, 1.82) is 0 Å². The van der Waals surface area contributed by atoms with E-state index in [0.29, 0.717) is 17.1 Å². The maximum Gasteiger partial charge on any atom is 0.272 e. The molecule has 0 fully saturated rings. The van der Waals surface area contributed by atoms with Gasteiger partial charge in [-0.3, -0.25) is 14.9 Å². The third kappa shape index (κ3) is 2.91. The van der Waals surface area contributed by atoms with E-state index in [-0.39, 0.29) is 11.6 Å². The number of nitro benzene ring substituents is 1. The Hall–Kier alpha value is -3.35. The number of amides is 1. The lowest BCUT2D eigenvalue weighted by Gasteiger charge is -2.07. The Bertz CT molecular complexity index is 946. The minimum Gasteiger partial charge on any atom is -0.497 e. The number of fused-ring (bicyclic) bond motifs is 1. The Morgan fingerprint density at radius 1 is 1.21 bits per heavy atom. The number of aryl methyl sites for hydroxylation is 1. The van der Waals surface area contributed by atoms with Crippen molar-refractivity contribution in [2.75, 3.05) is 12.4 Å². The van der Waals surface area contributed by atoms with Gasteiger partial charge in [-0.05, 0) is 30.7 Å². The summed E-state index contributed by atoms with van der Waals surface area (Å²) in [5, 5.41) is 14.5. The van der Waals surface area contributed by atoms with E-state index < -0.39 is 4.92 Å². The highest BCUT2D eigenvalue weighted by Gasteiger charge is 2.14. The Morgan fingerprint density at radius 3 is 2.71 bits per heavy atom. The fourth-order valence-electron chi connectivity index (χ4n) is 2.40.